The summed E-state index contributed by atoms with van der Waals surface area (Å²) in [6.07, 6.45) is 1.56. The Hall–Kier alpha value is -1.84. The number of carbonyl (C=O) groups is 1. The van der Waals surface area contributed by atoms with Gasteiger partial charge in [-0.05, 0) is 23.8 Å². The topological polar surface area (TPSA) is 41.5 Å². The second-order valence-corrected chi connectivity index (χ2v) is 4.58. The molecule has 0 heterocycles. The highest BCUT2D eigenvalue weighted by Gasteiger charge is 2.09. The lowest BCUT2D eigenvalue weighted by atomic mass is 10.2. The Bertz CT molecular complexity index is 612. The van der Waals surface area contributed by atoms with E-state index < -0.39 is 0 Å². The minimum Gasteiger partial charge on any atom is -0.267 e. The van der Waals surface area contributed by atoms with Crippen LogP contribution in [0.2, 0.25) is 10.0 Å². The summed E-state index contributed by atoms with van der Waals surface area (Å²) in [6.45, 7) is 0. The normalized spacial score (nSPS) is 10.6. The number of hydrogen-bond acceptors (Lipinski definition) is 2. The maximum absolute atomic E-state index is 11.8. The molecule has 1 amide bonds. The smallest absolute Gasteiger partial charge is 0.267 e. The summed E-state index contributed by atoms with van der Waals surface area (Å²) in [6, 6.07) is 14.1. The monoisotopic (exact) mass is 292 g/mol. The quantitative estimate of drug-likeness (QED) is 0.679. The second-order valence-electron chi connectivity index (χ2n) is 3.73. The fourth-order valence-corrected chi connectivity index (χ4v) is 1.93. The van der Waals surface area contributed by atoms with Gasteiger partial charge in [0, 0.05) is 5.02 Å². The molecule has 0 radical (unpaired) electrons. The van der Waals surface area contributed by atoms with Gasteiger partial charge >= 0.3 is 0 Å². The number of nitrogens with one attached hydrogen (secondary N) is 1. The number of nitrogens with zero attached hydrogens (tertiary/aromatic N) is 1. The molecule has 0 saturated heterocycles. The number of benzene rings is 2. The molecule has 3 nitrogen and oxygen atoms in total. The van der Waals surface area contributed by atoms with Crippen LogP contribution in [0.15, 0.2) is 53.6 Å². The zero-order valence-electron chi connectivity index (χ0n) is 9.81. The van der Waals surface area contributed by atoms with Crippen molar-refractivity contribution in [2.75, 3.05) is 0 Å². The molecule has 0 spiro atoms. The molecular formula is C14H10Cl2N2O. The van der Waals surface area contributed by atoms with Crippen LogP contribution in [0.25, 0.3) is 0 Å². The summed E-state index contributed by atoms with van der Waals surface area (Å²) in [5.74, 6) is -0.381. The summed E-state index contributed by atoms with van der Waals surface area (Å²) >= 11 is 11.7. The van der Waals surface area contributed by atoms with Gasteiger partial charge in [-0.15, -0.1) is 0 Å². The Balaban J connectivity index is 2.04. The van der Waals surface area contributed by atoms with Crippen molar-refractivity contribution in [2.24, 2.45) is 5.10 Å². The van der Waals surface area contributed by atoms with Crippen LogP contribution in [0.3, 0.4) is 0 Å². The van der Waals surface area contributed by atoms with E-state index in [-0.39, 0.29) is 5.91 Å². The highest BCUT2D eigenvalue weighted by atomic mass is 35.5. The van der Waals surface area contributed by atoms with E-state index in [1.54, 1.807) is 18.3 Å². The van der Waals surface area contributed by atoms with Gasteiger partial charge < -0.3 is 0 Å². The molecule has 96 valence electrons. The van der Waals surface area contributed by atoms with E-state index in [1.165, 1.54) is 6.07 Å². The molecule has 0 bridgehead atoms. The van der Waals surface area contributed by atoms with Crippen LogP contribution in [0.5, 0.6) is 0 Å². The first kappa shape index (κ1) is 13.6. The molecule has 5 heteroatoms. The van der Waals surface area contributed by atoms with Gasteiger partial charge in [0.15, 0.2) is 0 Å². The van der Waals surface area contributed by atoms with E-state index in [9.17, 15) is 4.79 Å². The molecular weight excluding hydrogens is 283 g/mol. The predicted molar refractivity (Wildman–Crippen MR) is 78.0 cm³/mol. The zero-order valence-corrected chi connectivity index (χ0v) is 11.3. The number of hydrogen-bond donors (Lipinski definition) is 1. The standard InChI is InChI=1S/C14H10Cl2N2O/c15-11-6-7-12(13(16)8-11)14(19)18-17-9-10-4-2-1-3-5-10/h1-9H,(H,18,19)/b17-9+. The first-order chi connectivity index (χ1) is 9.16. The number of rotatable bonds is 3. The number of halogens is 2. The van der Waals surface area contributed by atoms with Gasteiger partial charge in [-0.25, -0.2) is 5.43 Å². The SMILES string of the molecule is O=C(N/N=C/c1ccccc1)c1ccc(Cl)cc1Cl. The summed E-state index contributed by atoms with van der Waals surface area (Å²) in [5.41, 5.74) is 3.63. The Labute approximate surface area is 120 Å². The molecule has 0 atom stereocenters. The van der Waals surface area contributed by atoms with E-state index in [0.29, 0.717) is 15.6 Å². The molecule has 0 aliphatic rings. The van der Waals surface area contributed by atoms with Crippen molar-refractivity contribution < 1.29 is 4.79 Å². The number of carbonyl (C=O) groups excluding carboxylic acids is 1. The highest BCUT2D eigenvalue weighted by molar-refractivity contribution is 6.36. The van der Waals surface area contributed by atoms with E-state index in [1.807, 2.05) is 30.3 Å². The molecule has 2 aromatic rings. The Morgan fingerprint density at radius 2 is 1.84 bits per heavy atom. The summed E-state index contributed by atoms with van der Waals surface area (Å²) in [7, 11) is 0. The van der Waals surface area contributed by atoms with Gasteiger partial charge in [-0.3, -0.25) is 4.79 Å². The van der Waals surface area contributed by atoms with Crippen LogP contribution < -0.4 is 5.43 Å². The van der Waals surface area contributed by atoms with Gasteiger partial charge in [0.05, 0.1) is 16.8 Å². The fourth-order valence-electron chi connectivity index (χ4n) is 1.44. The minimum absolute atomic E-state index is 0.292. The lowest BCUT2D eigenvalue weighted by Gasteiger charge is -2.02. The van der Waals surface area contributed by atoms with Crippen molar-refractivity contribution in [1.82, 2.24) is 5.43 Å². The third-order valence-electron chi connectivity index (χ3n) is 2.36. The van der Waals surface area contributed by atoms with Crippen molar-refractivity contribution in [3.63, 3.8) is 0 Å². The third kappa shape index (κ3) is 3.81. The van der Waals surface area contributed by atoms with Crippen LogP contribution in [-0.4, -0.2) is 12.1 Å². The molecule has 0 aliphatic heterocycles. The van der Waals surface area contributed by atoms with Gasteiger partial charge in [0.1, 0.15) is 0 Å². The summed E-state index contributed by atoms with van der Waals surface area (Å²) in [4.78, 5) is 11.8. The molecule has 0 aliphatic carbocycles. The molecule has 0 unspecified atom stereocenters. The van der Waals surface area contributed by atoms with Crippen LogP contribution in [0.1, 0.15) is 15.9 Å². The summed E-state index contributed by atoms with van der Waals surface area (Å²) in [5, 5.41) is 4.64. The lowest BCUT2D eigenvalue weighted by Crippen LogP contribution is -2.17. The van der Waals surface area contributed by atoms with Crippen molar-refractivity contribution in [3.8, 4) is 0 Å². The molecule has 2 aromatic carbocycles. The second kappa shape index (κ2) is 6.36. The molecule has 19 heavy (non-hydrogen) atoms. The Kier molecular flexibility index (Phi) is 4.55. The van der Waals surface area contributed by atoms with Gasteiger partial charge in [0.2, 0.25) is 0 Å². The van der Waals surface area contributed by atoms with Gasteiger partial charge in [0.25, 0.3) is 5.91 Å². The fraction of sp³-hybridized carbons (Fsp3) is 0. The van der Waals surface area contributed by atoms with Crippen LogP contribution in [-0.2, 0) is 0 Å². The van der Waals surface area contributed by atoms with E-state index >= 15 is 0 Å². The maximum atomic E-state index is 11.8. The van der Waals surface area contributed by atoms with Crippen molar-refractivity contribution in [3.05, 3.63) is 69.7 Å². The average Bonchev–Trinajstić information content (AvgIpc) is 2.39. The predicted octanol–water partition coefficient (Wildman–Crippen LogP) is 3.76. The van der Waals surface area contributed by atoms with Gasteiger partial charge in [-0.1, -0.05) is 53.5 Å². The van der Waals surface area contributed by atoms with E-state index in [4.69, 9.17) is 23.2 Å². The molecule has 0 saturated carbocycles. The van der Waals surface area contributed by atoms with Crippen LogP contribution >= 0.6 is 23.2 Å². The van der Waals surface area contributed by atoms with Crippen molar-refractivity contribution in [1.29, 1.82) is 0 Å². The summed E-state index contributed by atoms with van der Waals surface area (Å²) < 4.78 is 0. The largest absolute Gasteiger partial charge is 0.272 e. The minimum atomic E-state index is -0.381. The van der Waals surface area contributed by atoms with Crippen LogP contribution in [0, 0.1) is 0 Å². The van der Waals surface area contributed by atoms with Crippen LogP contribution in [0.4, 0.5) is 0 Å². The molecule has 0 aromatic heterocycles. The van der Waals surface area contributed by atoms with Crippen molar-refractivity contribution in [2.45, 2.75) is 0 Å². The first-order valence-corrected chi connectivity index (χ1v) is 6.26. The molecule has 2 rings (SSSR count). The zero-order chi connectivity index (χ0) is 13.7. The third-order valence-corrected chi connectivity index (χ3v) is 2.90. The molecule has 1 N–H and O–H groups in total. The Morgan fingerprint density at radius 1 is 1.11 bits per heavy atom. The highest BCUT2D eigenvalue weighted by Crippen LogP contribution is 2.20. The number of hydrazone groups is 1. The molecule has 0 fully saturated rings. The lowest BCUT2D eigenvalue weighted by molar-refractivity contribution is 0.0955. The van der Waals surface area contributed by atoms with E-state index in [2.05, 4.69) is 10.5 Å². The van der Waals surface area contributed by atoms with Crippen molar-refractivity contribution >= 4 is 35.3 Å². The van der Waals surface area contributed by atoms with Gasteiger partial charge in [-0.2, -0.15) is 5.10 Å². The van der Waals surface area contributed by atoms with E-state index in [0.717, 1.165) is 5.56 Å². The Morgan fingerprint density at radius 3 is 2.53 bits per heavy atom. The first-order valence-electron chi connectivity index (χ1n) is 5.50. The average molecular weight is 293 g/mol. The number of amides is 1. The maximum Gasteiger partial charge on any atom is 0.272 e.